The van der Waals surface area contributed by atoms with Crippen LogP contribution >= 0.6 is 23.2 Å². The average molecular weight is 275 g/mol. The van der Waals surface area contributed by atoms with Crippen molar-refractivity contribution in [3.8, 4) is 11.5 Å². The van der Waals surface area contributed by atoms with Crippen molar-refractivity contribution in [2.24, 2.45) is 5.73 Å². The molecule has 3 N–H and O–H groups in total. The Kier molecular flexibility index (Phi) is 3.58. The number of aliphatic hydroxyl groups excluding tert-OH is 1. The summed E-state index contributed by atoms with van der Waals surface area (Å²) in [6, 6.07) is 0.801. The topological polar surface area (TPSA) is 98.1 Å². The second kappa shape index (κ2) is 4.97. The molecule has 1 atom stereocenters. The monoisotopic (exact) mass is 274 g/mol. The van der Waals surface area contributed by atoms with Gasteiger partial charge in [0.25, 0.3) is 0 Å². The molecule has 0 fully saturated rings. The van der Waals surface area contributed by atoms with Gasteiger partial charge in [-0.25, -0.2) is 4.98 Å². The number of hydrogen-bond acceptors (Lipinski definition) is 6. The first-order valence-corrected chi connectivity index (χ1v) is 5.39. The first kappa shape index (κ1) is 12.3. The minimum atomic E-state index is -0.720. The molecule has 0 aliphatic carbocycles. The van der Waals surface area contributed by atoms with Gasteiger partial charge in [-0.1, -0.05) is 28.4 Å². The third-order valence-corrected chi connectivity index (χ3v) is 2.47. The first-order valence-electron chi connectivity index (χ1n) is 4.63. The van der Waals surface area contributed by atoms with E-state index in [0.29, 0.717) is 15.7 Å². The maximum atomic E-state index is 8.85. The number of aromatic nitrogens is 3. The van der Waals surface area contributed by atoms with E-state index in [0.717, 1.165) is 0 Å². The molecule has 6 nitrogen and oxygen atoms in total. The fourth-order valence-corrected chi connectivity index (χ4v) is 1.60. The lowest BCUT2D eigenvalue weighted by molar-refractivity contribution is 0.237. The molecule has 2 heterocycles. The van der Waals surface area contributed by atoms with Gasteiger partial charge in [-0.15, -0.1) is 0 Å². The molecule has 2 rings (SSSR count). The number of aliphatic hydroxyl groups is 1. The lowest BCUT2D eigenvalue weighted by Gasteiger charge is -1.99. The highest BCUT2D eigenvalue weighted by Crippen LogP contribution is 2.26. The summed E-state index contributed by atoms with van der Waals surface area (Å²) in [7, 11) is 0. The van der Waals surface area contributed by atoms with Crippen molar-refractivity contribution in [3.63, 3.8) is 0 Å². The van der Waals surface area contributed by atoms with Crippen molar-refractivity contribution in [2.45, 2.75) is 6.04 Å². The minimum Gasteiger partial charge on any atom is -0.394 e. The minimum absolute atomic E-state index is 0.121. The van der Waals surface area contributed by atoms with E-state index in [4.69, 9.17) is 38.6 Å². The van der Waals surface area contributed by atoms with Gasteiger partial charge in [0.05, 0.1) is 16.7 Å². The van der Waals surface area contributed by atoms with E-state index in [1.165, 1.54) is 12.3 Å². The largest absolute Gasteiger partial charge is 0.394 e. The van der Waals surface area contributed by atoms with Gasteiger partial charge in [0.1, 0.15) is 11.7 Å². The Labute approximate surface area is 106 Å². The smallest absolute Gasteiger partial charge is 0.246 e. The van der Waals surface area contributed by atoms with E-state index in [-0.39, 0.29) is 18.3 Å². The molecule has 0 bridgehead atoms. The Balaban J connectivity index is 2.37. The molecule has 0 radical (unpaired) electrons. The fraction of sp³-hybridized carbons (Fsp3) is 0.222. The molecule has 8 heteroatoms. The number of nitrogens with two attached hydrogens (primary N) is 1. The van der Waals surface area contributed by atoms with Gasteiger partial charge >= 0.3 is 0 Å². The second-order valence-electron chi connectivity index (χ2n) is 3.23. The highest BCUT2D eigenvalue weighted by molar-refractivity contribution is 6.35. The highest BCUT2D eigenvalue weighted by Gasteiger charge is 2.17. The molecule has 1 unspecified atom stereocenters. The normalized spacial score (nSPS) is 12.7. The summed E-state index contributed by atoms with van der Waals surface area (Å²) >= 11 is 11.7. The Morgan fingerprint density at radius 1 is 1.47 bits per heavy atom. The van der Waals surface area contributed by atoms with Crippen LogP contribution in [-0.2, 0) is 0 Å². The third kappa shape index (κ3) is 2.55. The van der Waals surface area contributed by atoms with E-state index < -0.39 is 6.04 Å². The third-order valence-electron chi connectivity index (χ3n) is 1.98. The average Bonchev–Trinajstić information content (AvgIpc) is 2.77. The summed E-state index contributed by atoms with van der Waals surface area (Å²) in [5.74, 6) is 0.320. The Morgan fingerprint density at radius 3 is 2.88 bits per heavy atom. The summed E-state index contributed by atoms with van der Waals surface area (Å²) < 4.78 is 4.88. The fourth-order valence-electron chi connectivity index (χ4n) is 1.14. The van der Waals surface area contributed by atoms with Crippen molar-refractivity contribution >= 4 is 23.2 Å². The Bertz CT molecular complexity index is 531. The zero-order valence-corrected chi connectivity index (χ0v) is 9.98. The molecule has 0 saturated carbocycles. The molecule has 0 saturated heterocycles. The van der Waals surface area contributed by atoms with Crippen LogP contribution in [0.1, 0.15) is 11.9 Å². The zero-order chi connectivity index (χ0) is 12.4. The van der Waals surface area contributed by atoms with E-state index in [9.17, 15) is 0 Å². The van der Waals surface area contributed by atoms with Gasteiger partial charge in [-0.3, -0.25) is 0 Å². The van der Waals surface area contributed by atoms with Crippen molar-refractivity contribution in [1.82, 2.24) is 15.1 Å². The van der Waals surface area contributed by atoms with E-state index in [2.05, 4.69) is 15.1 Å². The van der Waals surface area contributed by atoms with Gasteiger partial charge in [0.2, 0.25) is 11.7 Å². The van der Waals surface area contributed by atoms with Crippen LogP contribution in [0.2, 0.25) is 10.0 Å². The number of halogens is 2. The van der Waals surface area contributed by atoms with Crippen LogP contribution in [0, 0.1) is 0 Å². The van der Waals surface area contributed by atoms with Crippen molar-refractivity contribution < 1.29 is 9.63 Å². The summed E-state index contributed by atoms with van der Waals surface area (Å²) in [6.45, 7) is -0.288. The molecule has 0 aliphatic rings. The molecule has 0 amide bonds. The first-order chi connectivity index (χ1) is 8.11. The van der Waals surface area contributed by atoms with Crippen LogP contribution in [0.15, 0.2) is 16.8 Å². The maximum absolute atomic E-state index is 8.85. The van der Waals surface area contributed by atoms with Gasteiger partial charge in [0.15, 0.2) is 0 Å². The summed E-state index contributed by atoms with van der Waals surface area (Å²) in [6.07, 6.45) is 1.42. The zero-order valence-electron chi connectivity index (χ0n) is 8.47. The molecule has 0 aromatic carbocycles. The summed E-state index contributed by atoms with van der Waals surface area (Å²) in [5, 5.41) is 13.2. The van der Waals surface area contributed by atoms with Crippen LogP contribution in [0.5, 0.6) is 0 Å². The lowest BCUT2D eigenvalue weighted by atomic mass is 10.3. The lowest BCUT2D eigenvalue weighted by Crippen LogP contribution is -2.14. The predicted octanol–water partition coefficient (Wildman–Crippen LogP) is 1.43. The van der Waals surface area contributed by atoms with Gasteiger partial charge < -0.3 is 15.4 Å². The number of rotatable bonds is 3. The maximum Gasteiger partial charge on any atom is 0.246 e. The highest BCUT2D eigenvalue weighted by atomic mass is 35.5. The molecule has 0 aliphatic heterocycles. The molecule has 2 aromatic heterocycles. The molecule has 2 aromatic rings. The van der Waals surface area contributed by atoms with Gasteiger partial charge in [-0.2, -0.15) is 4.98 Å². The number of pyridine rings is 1. The van der Waals surface area contributed by atoms with Crippen molar-refractivity contribution in [3.05, 3.63) is 28.2 Å². The second-order valence-corrected chi connectivity index (χ2v) is 4.07. The standard InChI is InChI=1S/C9H8Cl2N4O2/c10-4-1-5(11)7(13-2-4)8-14-9(17-15-8)6(12)3-16/h1-2,6,16H,3,12H2. The van der Waals surface area contributed by atoms with E-state index >= 15 is 0 Å². The van der Waals surface area contributed by atoms with Crippen LogP contribution in [-0.4, -0.2) is 26.8 Å². The van der Waals surface area contributed by atoms with E-state index in [1.54, 1.807) is 0 Å². The number of nitrogens with zero attached hydrogens (tertiary/aromatic N) is 3. The predicted molar refractivity (Wildman–Crippen MR) is 61.6 cm³/mol. The Morgan fingerprint density at radius 2 is 2.24 bits per heavy atom. The van der Waals surface area contributed by atoms with Gasteiger partial charge in [-0.05, 0) is 6.07 Å². The molecule has 0 spiro atoms. The SMILES string of the molecule is NC(CO)c1nc(-c2ncc(Cl)cc2Cl)no1. The quantitative estimate of drug-likeness (QED) is 0.879. The van der Waals surface area contributed by atoms with Crippen molar-refractivity contribution in [2.75, 3.05) is 6.61 Å². The molecular weight excluding hydrogens is 267 g/mol. The molecule has 17 heavy (non-hydrogen) atoms. The summed E-state index contributed by atoms with van der Waals surface area (Å²) in [5.41, 5.74) is 5.87. The van der Waals surface area contributed by atoms with Crippen molar-refractivity contribution in [1.29, 1.82) is 0 Å². The molecule has 90 valence electrons. The molecular formula is C9H8Cl2N4O2. The summed E-state index contributed by atoms with van der Waals surface area (Å²) in [4.78, 5) is 7.98. The van der Waals surface area contributed by atoms with Crippen LogP contribution in [0.25, 0.3) is 11.5 Å². The Hall–Kier alpha value is -1.21. The van der Waals surface area contributed by atoms with Crippen LogP contribution < -0.4 is 5.73 Å². The van der Waals surface area contributed by atoms with Crippen LogP contribution in [0.4, 0.5) is 0 Å². The van der Waals surface area contributed by atoms with E-state index in [1.807, 2.05) is 0 Å². The van der Waals surface area contributed by atoms with Crippen LogP contribution in [0.3, 0.4) is 0 Å². The van der Waals surface area contributed by atoms with Gasteiger partial charge in [0, 0.05) is 6.20 Å². The number of hydrogen-bond donors (Lipinski definition) is 2.